The van der Waals surface area contributed by atoms with Crippen LogP contribution in [0, 0.1) is 0 Å². The predicted molar refractivity (Wildman–Crippen MR) is 59.8 cm³/mol. The Kier molecular flexibility index (Phi) is 4.26. The number of nitrogens with one attached hydrogen (secondary N) is 1. The molecule has 1 aromatic carbocycles. The molecule has 0 heterocycles. The molecule has 0 aliphatic carbocycles. The van der Waals surface area contributed by atoms with Gasteiger partial charge in [-0.05, 0) is 26.0 Å². The average molecular weight is 194 g/mol. The summed E-state index contributed by atoms with van der Waals surface area (Å²) in [6.45, 7) is 5.28. The standard InChI is InChI=1S/C11H18N2O/c1-9(2)13-10-5-3-4-6-11(10)14-8-7-12/h3-6,9,13H,7-8,12H2,1-2H3. The average Bonchev–Trinajstić information content (AvgIpc) is 2.16. The third kappa shape index (κ3) is 3.26. The Morgan fingerprint density at radius 1 is 1.36 bits per heavy atom. The van der Waals surface area contributed by atoms with E-state index in [1.165, 1.54) is 0 Å². The third-order valence-corrected chi connectivity index (χ3v) is 1.71. The van der Waals surface area contributed by atoms with Crippen LogP contribution in [0.2, 0.25) is 0 Å². The maximum Gasteiger partial charge on any atom is 0.142 e. The van der Waals surface area contributed by atoms with Gasteiger partial charge in [0.25, 0.3) is 0 Å². The van der Waals surface area contributed by atoms with E-state index < -0.39 is 0 Å². The predicted octanol–water partition coefficient (Wildman–Crippen LogP) is 1.84. The largest absolute Gasteiger partial charge is 0.490 e. The van der Waals surface area contributed by atoms with Crippen LogP contribution in [0.15, 0.2) is 24.3 Å². The van der Waals surface area contributed by atoms with Crippen LogP contribution in [-0.4, -0.2) is 19.2 Å². The molecule has 3 heteroatoms. The molecular formula is C11H18N2O. The van der Waals surface area contributed by atoms with Gasteiger partial charge in [0.15, 0.2) is 0 Å². The summed E-state index contributed by atoms with van der Waals surface area (Å²) in [5.41, 5.74) is 6.41. The van der Waals surface area contributed by atoms with Crippen molar-refractivity contribution < 1.29 is 4.74 Å². The van der Waals surface area contributed by atoms with Crippen LogP contribution in [0.5, 0.6) is 5.75 Å². The fourth-order valence-corrected chi connectivity index (χ4v) is 1.19. The summed E-state index contributed by atoms with van der Waals surface area (Å²) in [5.74, 6) is 0.867. The van der Waals surface area contributed by atoms with E-state index in [1.54, 1.807) is 0 Å². The van der Waals surface area contributed by atoms with Crippen molar-refractivity contribution >= 4 is 5.69 Å². The van der Waals surface area contributed by atoms with Crippen molar-refractivity contribution in [3.05, 3.63) is 24.3 Å². The van der Waals surface area contributed by atoms with Gasteiger partial charge in [0.1, 0.15) is 12.4 Å². The van der Waals surface area contributed by atoms with Crippen molar-refractivity contribution in [3.8, 4) is 5.75 Å². The zero-order chi connectivity index (χ0) is 10.4. The molecular weight excluding hydrogens is 176 g/mol. The number of para-hydroxylation sites is 2. The molecule has 0 spiro atoms. The molecule has 1 aromatic rings. The molecule has 3 nitrogen and oxygen atoms in total. The number of ether oxygens (including phenoxy) is 1. The minimum absolute atomic E-state index is 0.401. The van der Waals surface area contributed by atoms with Crippen molar-refractivity contribution in [2.45, 2.75) is 19.9 Å². The van der Waals surface area contributed by atoms with E-state index >= 15 is 0 Å². The molecule has 78 valence electrons. The fraction of sp³-hybridized carbons (Fsp3) is 0.455. The molecule has 0 fully saturated rings. The molecule has 0 radical (unpaired) electrons. The van der Waals surface area contributed by atoms with E-state index in [2.05, 4.69) is 19.2 Å². The van der Waals surface area contributed by atoms with Gasteiger partial charge in [-0.25, -0.2) is 0 Å². The van der Waals surface area contributed by atoms with E-state index in [9.17, 15) is 0 Å². The summed E-state index contributed by atoms with van der Waals surface area (Å²) >= 11 is 0. The van der Waals surface area contributed by atoms with E-state index in [1.807, 2.05) is 24.3 Å². The molecule has 0 aromatic heterocycles. The van der Waals surface area contributed by atoms with Crippen molar-refractivity contribution in [2.24, 2.45) is 5.73 Å². The zero-order valence-electron chi connectivity index (χ0n) is 8.79. The Hall–Kier alpha value is -1.22. The van der Waals surface area contributed by atoms with Gasteiger partial charge < -0.3 is 15.8 Å². The maximum absolute atomic E-state index is 5.50. The molecule has 0 aliphatic rings. The molecule has 14 heavy (non-hydrogen) atoms. The highest BCUT2D eigenvalue weighted by Gasteiger charge is 2.02. The molecule has 3 N–H and O–H groups in total. The topological polar surface area (TPSA) is 47.3 Å². The van der Waals surface area contributed by atoms with Gasteiger partial charge >= 0.3 is 0 Å². The van der Waals surface area contributed by atoms with Crippen LogP contribution >= 0.6 is 0 Å². The van der Waals surface area contributed by atoms with E-state index in [0.29, 0.717) is 19.2 Å². The first-order valence-electron chi connectivity index (χ1n) is 4.92. The quantitative estimate of drug-likeness (QED) is 0.752. The van der Waals surface area contributed by atoms with Crippen LogP contribution in [0.4, 0.5) is 5.69 Å². The summed E-state index contributed by atoms with van der Waals surface area (Å²) in [5, 5.41) is 3.32. The number of hydrogen-bond donors (Lipinski definition) is 2. The lowest BCUT2D eigenvalue weighted by molar-refractivity contribution is 0.329. The Bertz CT molecular complexity index is 274. The second-order valence-corrected chi connectivity index (χ2v) is 3.43. The smallest absolute Gasteiger partial charge is 0.142 e. The molecule has 0 amide bonds. The summed E-state index contributed by atoms with van der Waals surface area (Å²) in [6.07, 6.45) is 0. The molecule has 0 atom stereocenters. The monoisotopic (exact) mass is 194 g/mol. The van der Waals surface area contributed by atoms with Crippen LogP contribution < -0.4 is 15.8 Å². The van der Waals surface area contributed by atoms with Crippen molar-refractivity contribution in [2.75, 3.05) is 18.5 Å². The van der Waals surface area contributed by atoms with Crippen LogP contribution in [-0.2, 0) is 0 Å². The Morgan fingerprint density at radius 3 is 2.71 bits per heavy atom. The Labute approximate surface area is 85.3 Å². The number of hydrogen-bond acceptors (Lipinski definition) is 3. The van der Waals surface area contributed by atoms with Gasteiger partial charge in [0.2, 0.25) is 0 Å². The highest BCUT2D eigenvalue weighted by Crippen LogP contribution is 2.23. The van der Waals surface area contributed by atoms with Gasteiger partial charge in [-0.2, -0.15) is 0 Å². The lowest BCUT2D eigenvalue weighted by atomic mass is 10.2. The molecule has 0 unspecified atom stereocenters. The minimum Gasteiger partial charge on any atom is -0.490 e. The normalized spacial score (nSPS) is 10.3. The number of rotatable bonds is 5. The second kappa shape index (κ2) is 5.50. The van der Waals surface area contributed by atoms with Crippen LogP contribution in [0.3, 0.4) is 0 Å². The molecule has 0 saturated heterocycles. The summed E-state index contributed by atoms with van der Waals surface area (Å²) in [4.78, 5) is 0. The summed E-state index contributed by atoms with van der Waals surface area (Å²) < 4.78 is 5.50. The van der Waals surface area contributed by atoms with E-state index in [-0.39, 0.29) is 0 Å². The third-order valence-electron chi connectivity index (χ3n) is 1.71. The lowest BCUT2D eigenvalue weighted by Gasteiger charge is -2.14. The first kappa shape index (κ1) is 10.9. The molecule has 1 rings (SSSR count). The van der Waals surface area contributed by atoms with E-state index in [4.69, 9.17) is 10.5 Å². The number of benzene rings is 1. The van der Waals surface area contributed by atoms with Crippen molar-refractivity contribution in [1.82, 2.24) is 0 Å². The molecule has 0 bridgehead atoms. The molecule has 0 aliphatic heterocycles. The summed E-state index contributed by atoms with van der Waals surface area (Å²) in [6, 6.07) is 8.29. The lowest BCUT2D eigenvalue weighted by Crippen LogP contribution is -2.14. The zero-order valence-corrected chi connectivity index (χ0v) is 8.79. The van der Waals surface area contributed by atoms with Gasteiger partial charge in [-0.1, -0.05) is 12.1 Å². The van der Waals surface area contributed by atoms with Crippen LogP contribution in [0.1, 0.15) is 13.8 Å². The summed E-state index contributed by atoms with van der Waals surface area (Å²) in [7, 11) is 0. The number of anilines is 1. The van der Waals surface area contributed by atoms with Crippen molar-refractivity contribution in [3.63, 3.8) is 0 Å². The molecule has 0 saturated carbocycles. The highest BCUT2D eigenvalue weighted by molar-refractivity contribution is 5.56. The second-order valence-electron chi connectivity index (χ2n) is 3.43. The Balaban J connectivity index is 2.69. The first-order chi connectivity index (χ1) is 6.74. The van der Waals surface area contributed by atoms with Gasteiger partial charge in [-0.15, -0.1) is 0 Å². The first-order valence-corrected chi connectivity index (χ1v) is 4.92. The van der Waals surface area contributed by atoms with Gasteiger partial charge in [0, 0.05) is 12.6 Å². The van der Waals surface area contributed by atoms with Gasteiger partial charge in [-0.3, -0.25) is 0 Å². The SMILES string of the molecule is CC(C)Nc1ccccc1OCCN. The van der Waals surface area contributed by atoms with Crippen LogP contribution in [0.25, 0.3) is 0 Å². The maximum atomic E-state index is 5.50. The highest BCUT2D eigenvalue weighted by atomic mass is 16.5. The number of nitrogens with two attached hydrogens (primary N) is 1. The minimum atomic E-state index is 0.401. The van der Waals surface area contributed by atoms with E-state index in [0.717, 1.165) is 11.4 Å². The van der Waals surface area contributed by atoms with Crippen molar-refractivity contribution in [1.29, 1.82) is 0 Å². The fourth-order valence-electron chi connectivity index (χ4n) is 1.19. The Morgan fingerprint density at radius 2 is 2.07 bits per heavy atom. The van der Waals surface area contributed by atoms with Gasteiger partial charge in [0.05, 0.1) is 5.69 Å².